The van der Waals surface area contributed by atoms with Crippen LogP contribution in [0.5, 0.6) is 0 Å². The minimum absolute atomic E-state index is 0.204. The number of anilines is 2. The lowest BCUT2D eigenvalue weighted by Crippen LogP contribution is -2.50. The highest BCUT2D eigenvalue weighted by Gasteiger charge is 2.26. The Labute approximate surface area is 195 Å². The van der Waals surface area contributed by atoms with Gasteiger partial charge in [-0.15, -0.1) is 0 Å². The van der Waals surface area contributed by atoms with Crippen molar-refractivity contribution in [2.75, 3.05) is 50.0 Å². The Morgan fingerprint density at radius 1 is 1.24 bits per heavy atom. The van der Waals surface area contributed by atoms with Gasteiger partial charge in [-0.25, -0.2) is 13.2 Å². The molecule has 2 aromatic rings. The zero-order chi connectivity index (χ0) is 24.4. The zero-order valence-electron chi connectivity index (χ0n) is 19.1. The third kappa shape index (κ3) is 5.02. The molecular weight excluding hydrogens is 447 g/mol. The molecule has 2 aliphatic heterocycles. The summed E-state index contributed by atoms with van der Waals surface area (Å²) in [7, 11) is 2.01. The first-order chi connectivity index (χ1) is 16.2. The maximum atomic E-state index is 15.3. The summed E-state index contributed by atoms with van der Waals surface area (Å²) >= 11 is 0. The van der Waals surface area contributed by atoms with E-state index in [1.54, 1.807) is 6.07 Å². The normalized spacial score (nSPS) is 19.3. The molecule has 0 spiro atoms. The number of carbonyl (C=O) groups is 1. The lowest BCUT2D eigenvalue weighted by molar-refractivity contribution is 0.101. The summed E-state index contributed by atoms with van der Waals surface area (Å²) in [5.74, 6) is -1.21. The first kappa shape index (κ1) is 24.0. The van der Waals surface area contributed by atoms with E-state index in [1.165, 1.54) is 6.07 Å². The molecule has 34 heavy (non-hydrogen) atoms. The second kappa shape index (κ2) is 10.0. The molecule has 1 atom stereocenters. The molecule has 1 aromatic carbocycles. The fraction of sp³-hybridized carbons (Fsp3) is 0.417. The molecule has 0 unspecified atom stereocenters. The molecule has 7 nitrogen and oxygen atoms in total. The maximum Gasteiger partial charge on any atom is 0.264 e. The number of pyridine rings is 1. The predicted octanol–water partition coefficient (Wildman–Crippen LogP) is 3.22. The van der Waals surface area contributed by atoms with E-state index < -0.39 is 29.3 Å². The third-order valence-electron chi connectivity index (χ3n) is 6.44. The maximum absolute atomic E-state index is 15.3. The number of hydrogen-bond donors (Lipinski definition) is 3. The molecule has 182 valence electrons. The highest BCUT2D eigenvalue weighted by Crippen LogP contribution is 2.34. The lowest BCUT2D eigenvalue weighted by atomic mass is 9.99. The van der Waals surface area contributed by atoms with Crippen LogP contribution in [0, 0.1) is 5.82 Å². The van der Waals surface area contributed by atoms with Gasteiger partial charge in [-0.3, -0.25) is 9.59 Å². The first-order valence-corrected chi connectivity index (χ1v) is 11.3. The summed E-state index contributed by atoms with van der Waals surface area (Å²) in [5.41, 5.74) is 0.228. The van der Waals surface area contributed by atoms with E-state index >= 15 is 4.39 Å². The Bertz CT molecular complexity index is 1160. The van der Waals surface area contributed by atoms with Gasteiger partial charge >= 0.3 is 0 Å². The number of aromatic nitrogens is 1. The van der Waals surface area contributed by atoms with Crippen LogP contribution in [-0.2, 0) is 0 Å². The molecule has 0 aliphatic carbocycles. The monoisotopic (exact) mass is 475 g/mol. The van der Waals surface area contributed by atoms with Crippen molar-refractivity contribution in [1.82, 2.24) is 15.2 Å². The van der Waals surface area contributed by atoms with Gasteiger partial charge in [0.2, 0.25) is 5.56 Å². The van der Waals surface area contributed by atoms with Crippen LogP contribution >= 0.6 is 0 Å². The summed E-state index contributed by atoms with van der Waals surface area (Å²) in [6.07, 6.45) is 0.691. The van der Waals surface area contributed by atoms with Crippen LogP contribution in [-0.4, -0.2) is 61.6 Å². The highest BCUT2D eigenvalue weighted by atomic mass is 19.3. The fourth-order valence-corrected chi connectivity index (χ4v) is 4.34. The standard InChI is InChI=1S/C24H28F3N5O2/c1-14-13-32(7-6-31(14)2)21-10-19(25)16(15-4-3-5-28-11-15)8-20(21)30-24(34)18-12-29-22(33)9-17(18)23(26)27/h4,8-10,12,14,23,28H,3,5-7,11,13H2,1-2H3,(H,29,33)(H,30,34)/t14-/m0/s1. The van der Waals surface area contributed by atoms with Gasteiger partial charge in [0.15, 0.2) is 0 Å². The molecular formula is C24H28F3N5O2. The summed E-state index contributed by atoms with van der Waals surface area (Å²) in [6.45, 7) is 5.33. The summed E-state index contributed by atoms with van der Waals surface area (Å²) in [4.78, 5) is 31.0. The van der Waals surface area contributed by atoms with E-state index in [9.17, 15) is 18.4 Å². The van der Waals surface area contributed by atoms with Gasteiger partial charge in [-0.1, -0.05) is 6.08 Å². The Morgan fingerprint density at radius 2 is 2.03 bits per heavy atom. The highest BCUT2D eigenvalue weighted by molar-refractivity contribution is 6.07. The molecule has 0 saturated carbocycles. The quantitative estimate of drug-likeness (QED) is 0.619. The number of hydrogen-bond acceptors (Lipinski definition) is 5. The molecule has 3 N–H and O–H groups in total. The molecule has 1 saturated heterocycles. The summed E-state index contributed by atoms with van der Waals surface area (Å²) in [5, 5.41) is 5.91. The number of amides is 1. The van der Waals surface area contributed by atoms with E-state index in [-0.39, 0.29) is 11.6 Å². The number of nitrogens with one attached hydrogen (secondary N) is 3. The Balaban J connectivity index is 1.75. The zero-order valence-corrected chi connectivity index (χ0v) is 19.1. The van der Waals surface area contributed by atoms with Crippen LogP contribution in [0.4, 0.5) is 24.5 Å². The van der Waals surface area contributed by atoms with E-state index in [4.69, 9.17) is 0 Å². The number of aromatic amines is 1. The average molecular weight is 476 g/mol. The topological polar surface area (TPSA) is 80.5 Å². The van der Waals surface area contributed by atoms with Crippen molar-refractivity contribution >= 4 is 22.9 Å². The number of nitrogens with zero attached hydrogens (tertiary/aromatic N) is 2. The number of alkyl halides is 2. The van der Waals surface area contributed by atoms with Gasteiger partial charge < -0.3 is 25.4 Å². The van der Waals surface area contributed by atoms with Crippen LogP contribution in [0.25, 0.3) is 5.57 Å². The van der Waals surface area contributed by atoms with Gasteiger partial charge in [-0.2, -0.15) is 0 Å². The van der Waals surface area contributed by atoms with E-state index in [0.717, 1.165) is 37.3 Å². The molecule has 0 radical (unpaired) electrons. The van der Waals surface area contributed by atoms with Crippen LogP contribution in [0.2, 0.25) is 0 Å². The Morgan fingerprint density at radius 3 is 2.71 bits per heavy atom. The second-order valence-electron chi connectivity index (χ2n) is 8.74. The van der Waals surface area contributed by atoms with Crippen molar-refractivity contribution in [1.29, 1.82) is 0 Å². The van der Waals surface area contributed by atoms with Crippen LogP contribution in [0.3, 0.4) is 0 Å². The molecule has 1 fully saturated rings. The molecule has 2 aliphatic rings. The number of rotatable bonds is 5. The number of likely N-dealkylation sites (N-methyl/N-ethyl adjacent to an activating group) is 1. The van der Waals surface area contributed by atoms with Gasteiger partial charge in [0, 0.05) is 55.6 Å². The Hall–Kier alpha value is -3.11. The Kier molecular flexibility index (Phi) is 7.08. The van der Waals surface area contributed by atoms with Crippen molar-refractivity contribution in [3.63, 3.8) is 0 Å². The number of H-pyrrole nitrogens is 1. The smallest absolute Gasteiger partial charge is 0.264 e. The van der Waals surface area contributed by atoms with Gasteiger partial charge in [0.05, 0.1) is 16.9 Å². The molecule has 1 amide bonds. The molecule has 4 rings (SSSR count). The third-order valence-corrected chi connectivity index (χ3v) is 6.44. The van der Waals surface area contributed by atoms with Gasteiger partial charge in [0.1, 0.15) is 5.82 Å². The lowest BCUT2D eigenvalue weighted by Gasteiger charge is -2.39. The van der Waals surface area contributed by atoms with Gasteiger partial charge in [-0.05, 0) is 44.6 Å². The molecule has 1 aromatic heterocycles. The van der Waals surface area contributed by atoms with Crippen molar-refractivity contribution in [2.24, 2.45) is 0 Å². The average Bonchev–Trinajstić information content (AvgIpc) is 2.82. The molecule has 10 heteroatoms. The minimum atomic E-state index is -3.00. The first-order valence-electron chi connectivity index (χ1n) is 11.3. The van der Waals surface area contributed by atoms with Crippen LogP contribution in [0.15, 0.2) is 35.3 Å². The minimum Gasteiger partial charge on any atom is -0.367 e. The van der Waals surface area contributed by atoms with Crippen molar-refractivity contribution in [2.45, 2.75) is 25.8 Å². The van der Waals surface area contributed by atoms with Crippen LogP contribution < -0.4 is 21.1 Å². The van der Waals surface area contributed by atoms with E-state index in [1.807, 2.05) is 18.0 Å². The number of carbonyl (C=O) groups excluding carboxylic acids is 1. The van der Waals surface area contributed by atoms with Gasteiger partial charge in [0.25, 0.3) is 12.3 Å². The molecule has 3 heterocycles. The SMILES string of the molecule is C[C@H]1CN(c2cc(F)c(C3=CCCNC3)cc2NC(=O)c2c[nH]c(=O)cc2C(F)F)CCN1C. The fourth-order valence-electron chi connectivity index (χ4n) is 4.34. The number of benzene rings is 1. The van der Waals surface area contributed by atoms with Crippen molar-refractivity contribution in [3.8, 4) is 0 Å². The van der Waals surface area contributed by atoms with E-state index in [2.05, 4.69) is 27.4 Å². The largest absolute Gasteiger partial charge is 0.367 e. The summed E-state index contributed by atoms with van der Waals surface area (Å²) in [6, 6.07) is 3.89. The van der Waals surface area contributed by atoms with Crippen molar-refractivity contribution < 1.29 is 18.0 Å². The number of halogens is 3. The predicted molar refractivity (Wildman–Crippen MR) is 126 cm³/mol. The number of piperazine rings is 1. The van der Waals surface area contributed by atoms with Crippen molar-refractivity contribution in [3.05, 3.63) is 63.3 Å². The van der Waals surface area contributed by atoms with Crippen LogP contribution in [0.1, 0.15) is 41.3 Å². The second-order valence-corrected chi connectivity index (χ2v) is 8.74. The summed E-state index contributed by atoms with van der Waals surface area (Å²) < 4.78 is 42.3. The molecule has 0 bridgehead atoms. The van der Waals surface area contributed by atoms with E-state index in [0.29, 0.717) is 36.6 Å².